The zero-order chi connectivity index (χ0) is 10.6. The molecule has 2 heteroatoms. The van der Waals surface area contributed by atoms with Gasteiger partial charge in [-0.3, -0.25) is 0 Å². The Morgan fingerprint density at radius 3 is 2.71 bits per heavy atom. The van der Waals surface area contributed by atoms with E-state index in [0.29, 0.717) is 6.61 Å². The second-order valence-corrected chi connectivity index (χ2v) is 3.88. The molecule has 0 amide bonds. The fraction of sp³-hybridized carbons (Fsp3) is 0.333. The molecule has 0 radical (unpaired) electrons. The van der Waals surface area contributed by atoms with Crippen molar-refractivity contribution in [1.82, 2.24) is 0 Å². The van der Waals surface area contributed by atoms with Crippen LogP contribution in [-0.2, 0) is 0 Å². The second kappa shape index (κ2) is 5.20. The maximum Gasteiger partial charge on any atom is 0.128 e. The van der Waals surface area contributed by atoms with Gasteiger partial charge in [-0.05, 0) is 30.7 Å². The van der Waals surface area contributed by atoms with Gasteiger partial charge in [0.2, 0.25) is 0 Å². The first kappa shape index (κ1) is 11.3. The van der Waals surface area contributed by atoms with Gasteiger partial charge in [0.25, 0.3) is 0 Å². The highest BCUT2D eigenvalue weighted by molar-refractivity contribution is 9.10. The molecule has 1 heterocycles. The Kier molecular flexibility index (Phi) is 4.21. The Morgan fingerprint density at radius 2 is 2.00 bits per heavy atom. The minimum absolute atomic E-state index is 0.712. The van der Waals surface area contributed by atoms with E-state index in [-0.39, 0.29) is 0 Å². The van der Waals surface area contributed by atoms with Crippen LogP contribution in [0.2, 0.25) is 0 Å². The zero-order valence-electron chi connectivity index (χ0n) is 8.80. The van der Waals surface area contributed by atoms with Gasteiger partial charge >= 0.3 is 0 Å². The van der Waals surface area contributed by atoms with E-state index in [1.54, 1.807) is 0 Å². The van der Waals surface area contributed by atoms with Gasteiger partial charge in [-0.25, -0.2) is 0 Å². The number of benzene rings is 1. The van der Waals surface area contributed by atoms with E-state index in [0.717, 1.165) is 10.2 Å². The molecule has 1 aliphatic heterocycles. The van der Waals surface area contributed by atoms with Crippen molar-refractivity contribution in [2.24, 2.45) is 0 Å². The van der Waals surface area contributed by atoms with Crippen molar-refractivity contribution in [3.05, 3.63) is 33.8 Å². The fourth-order valence-corrected chi connectivity index (χ4v) is 1.59. The molecular formula is C12H15BrO. The zero-order valence-corrected chi connectivity index (χ0v) is 10.4. The minimum Gasteiger partial charge on any atom is -0.489 e. The number of hydrogen-bond donors (Lipinski definition) is 0. The molecule has 0 bridgehead atoms. The highest BCUT2D eigenvalue weighted by Crippen LogP contribution is 2.28. The Bertz CT molecular complexity index is 342. The summed E-state index contributed by atoms with van der Waals surface area (Å²) < 4.78 is 6.58. The minimum atomic E-state index is 0.712. The summed E-state index contributed by atoms with van der Waals surface area (Å²) in [6, 6.07) is 6.08. The summed E-state index contributed by atoms with van der Waals surface area (Å²) in [5, 5.41) is 0. The summed E-state index contributed by atoms with van der Waals surface area (Å²) >= 11 is 3.40. The van der Waals surface area contributed by atoms with E-state index in [1.165, 1.54) is 11.1 Å². The van der Waals surface area contributed by atoms with Crippen LogP contribution in [-0.4, -0.2) is 6.61 Å². The van der Waals surface area contributed by atoms with E-state index in [4.69, 9.17) is 4.74 Å². The van der Waals surface area contributed by atoms with Crippen LogP contribution in [0.5, 0.6) is 5.75 Å². The molecule has 1 aromatic carbocycles. The number of hydrogen-bond acceptors (Lipinski definition) is 1. The first-order chi connectivity index (χ1) is 6.75. The average molecular weight is 255 g/mol. The van der Waals surface area contributed by atoms with Crippen LogP contribution in [0.3, 0.4) is 0 Å². The molecule has 0 saturated heterocycles. The van der Waals surface area contributed by atoms with Crippen LogP contribution in [0, 0.1) is 0 Å². The lowest BCUT2D eigenvalue weighted by atomic mass is 10.1. The topological polar surface area (TPSA) is 9.23 Å². The lowest BCUT2D eigenvalue weighted by Gasteiger charge is -2.15. The molecule has 0 atom stereocenters. The molecule has 14 heavy (non-hydrogen) atoms. The Balaban J connectivity index is 0.000000461. The predicted octanol–water partition coefficient (Wildman–Crippen LogP) is 4.27. The van der Waals surface area contributed by atoms with E-state index >= 15 is 0 Å². The molecule has 0 aromatic heterocycles. The smallest absolute Gasteiger partial charge is 0.128 e. The third kappa shape index (κ3) is 2.61. The van der Waals surface area contributed by atoms with Crippen LogP contribution >= 0.6 is 15.9 Å². The number of rotatable bonds is 0. The SMILES string of the molecule is CC.CC1=Cc2ccc(Br)cc2OC1. The molecule has 76 valence electrons. The summed E-state index contributed by atoms with van der Waals surface area (Å²) in [4.78, 5) is 0. The average Bonchev–Trinajstić information content (AvgIpc) is 2.21. The van der Waals surface area contributed by atoms with Crippen molar-refractivity contribution in [3.8, 4) is 5.75 Å². The summed E-state index contributed by atoms with van der Waals surface area (Å²) in [5.74, 6) is 0.968. The van der Waals surface area contributed by atoms with Gasteiger partial charge in [-0.1, -0.05) is 35.8 Å². The Morgan fingerprint density at radius 1 is 1.29 bits per heavy atom. The van der Waals surface area contributed by atoms with Crippen LogP contribution < -0.4 is 4.74 Å². The van der Waals surface area contributed by atoms with E-state index in [9.17, 15) is 0 Å². The monoisotopic (exact) mass is 254 g/mol. The summed E-state index contributed by atoms with van der Waals surface area (Å²) in [5.41, 5.74) is 2.44. The molecule has 2 rings (SSSR count). The molecule has 0 unspecified atom stereocenters. The van der Waals surface area contributed by atoms with Crippen molar-refractivity contribution in [2.45, 2.75) is 20.8 Å². The van der Waals surface area contributed by atoms with Gasteiger partial charge in [-0.2, -0.15) is 0 Å². The molecule has 0 aliphatic carbocycles. The van der Waals surface area contributed by atoms with Crippen molar-refractivity contribution in [3.63, 3.8) is 0 Å². The largest absolute Gasteiger partial charge is 0.489 e. The first-order valence-corrected chi connectivity index (χ1v) is 5.64. The van der Waals surface area contributed by atoms with Gasteiger partial charge in [0.15, 0.2) is 0 Å². The number of fused-ring (bicyclic) bond motifs is 1. The van der Waals surface area contributed by atoms with Gasteiger partial charge in [0.05, 0.1) is 0 Å². The molecule has 0 saturated carbocycles. The van der Waals surface area contributed by atoms with Gasteiger partial charge in [0, 0.05) is 10.0 Å². The number of ether oxygens (including phenoxy) is 1. The summed E-state index contributed by atoms with van der Waals surface area (Å²) in [6.45, 7) is 6.79. The van der Waals surface area contributed by atoms with Crippen LogP contribution in [0.1, 0.15) is 26.3 Å². The van der Waals surface area contributed by atoms with E-state index in [1.807, 2.05) is 26.0 Å². The standard InChI is InChI=1S/C10H9BrO.C2H6/c1-7-4-8-2-3-9(11)5-10(8)12-6-7;1-2/h2-5H,6H2,1H3;1-2H3. The molecule has 1 aromatic rings. The van der Waals surface area contributed by atoms with Crippen LogP contribution in [0.4, 0.5) is 0 Å². The first-order valence-electron chi connectivity index (χ1n) is 4.85. The van der Waals surface area contributed by atoms with Crippen molar-refractivity contribution in [2.75, 3.05) is 6.61 Å². The normalized spacial score (nSPS) is 13.0. The quantitative estimate of drug-likeness (QED) is 0.672. The molecule has 1 nitrogen and oxygen atoms in total. The Hall–Kier alpha value is -0.760. The molecule has 0 N–H and O–H groups in total. The van der Waals surface area contributed by atoms with Gasteiger partial charge in [0.1, 0.15) is 12.4 Å². The molecule has 0 fully saturated rings. The second-order valence-electron chi connectivity index (χ2n) is 2.96. The maximum atomic E-state index is 5.52. The molecular weight excluding hydrogens is 240 g/mol. The van der Waals surface area contributed by atoms with Gasteiger partial charge in [-0.15, -0.1) is 0 Å². The van der Waals surface area contributed by atoms with Crippen molar-refractivity contribution < 1.29 is 4.74 Å². The van der Waals surface area contributed by atoms with Crippen LogP contribution in [0.15, 0.2) is 28.2 Å². The summed E-state index contributed by atoms with van der Waals surface area (Å²) in [7, 11) is 0. The van der Waals surface area contributed by atoms with Crippen LogP contribution in [0.25, 0.3) is 6.08 Å². The van der Waals surface area contributed by atoms with Gasteiger partial charge < -0.3 is 4.74 Å². The van der Waals surface area contributed by atoms with E-state index < -0.39 is 0 Å². The van der Waals surface area contributed by atoms with E-state index in [2.05, 4.69) is 35.0 Å². The Labute approximate surface area is 93.9 Å². The summed E-state index contributed by atoms with van der Waals surface area (Å²) in [6.07, 6.45) is 2.16. The van der Waals surface area contributed by atoms with Crippen molar-refractivity contribution in [1.29, 1.82) is 0 Å². The lowest BCUT2D eigenvalue weighted by Crippen LogP contribution is -2.04. The highest BCUT2D eigenvalue weighted by Gasteiger charge is 2.07. The molecule has 1 aliphatic rings. The fourth-order valence-electron chi connectivity index (χ4n) is 1.25. The third-order valence-corrected chi connectivity index (χ3v) is 2.33. The maximum absolute atomic E-state index is 5.52. The lowest BCUT2D eigenvalue weighted by molar-refractivity contribution is 0.347. The third-order valence-electron chi connectivity index (χ3n) is 1.83. The molecule has 0 spiro atoms. The van der Waals surface area contributed by atoms with Crippen molar-refractivity contribution >= 4 is 22.0 Å². The predicted molar refractivity (Wildman–Crippen MR) is 64.6 cm³/mol. The number of halogens is 1. The highest BCUT2D eigenvalue weighted by atomic mass is 79.9.